The maximum atomic E-state index is 13.2. The van der Waals surface area contributed by atoms with Crippen molar-refractivity contribution in [3.63, 3.8) is 0 Å². The molecule has 0 saturated heterocycles. The van der Waals surface area contributed by atoms with Crippen molar-refractivity contribution >= 4 is 24.4 Å². The van der Waals surface area contributed by atoms with Crippen LogP contribution in [0, 0.1) is 0 Å². The molecule has 2 rings (SSSR count). The summed E-state index contributed by atoms with van der Waals surface area (Å²) in [7, 11) is 1.55. The van der Waals surface area contributed by atoms with Crippen LogP contribution < -0.4 is 10.1 Å². The molecule has 0 aromatic heterocycles. The second-order valence-corrected chi connectivity index (χ2v) is 6.13. The van der Waals surface area contributed by atoms with E-state index in [4.69, 9.17) is 4.74 Å². The van der Waals surface area contributed by atoms with Crippen LogP contribution in [0.1, 0.15) is 22.8 Å². The standard InChI is InChI=1S/C19H21NO4S/c1-19(14-6-4-3-5-7-14,20-16(12-25)18(22)23)17(21)13-8-10-15(24-2)11-9-13/h3-11,16,20,25H,12H2,1-2H3,(H,22,23). The summed E-state index contributed by atoms with van der Waals surface area (Å²) in [5.74, 6) is -0.577. The quantitative estimate of drug-likeness (QED) is 0.499. The van der Waals surface area contributed by atoms with Gasteiger partial charge in [-0.1, -0.05) is 30.3 Å². The van der Waals surface area contributed by atoms with E-state index in [0.717, 1.165) is 0 Å². The third-order valence-electron chi connectivity index (χ3n) is 4.10. The number of carbonyl (C=O) groups is 2. The van der Waals surface area contributed by atoms with Gasteiger partial charge in [-0.05, 0) is 36.8 Å². The van der Waals surface area contributed by atoms with Crippen molar-refractivity contribution in [3.8, 4) is 5.75 Å². The van der Waals surface area contributed by atoms with Crippen LogP contribution in [0.25, 0.3) is 0 Å². The molecule has 0 fully saturated rings. The van der Waals surface area contributed by atoms with Crippen molar-refractivity contribution in [2.45, 2.75) is 18.5 Å². The lowest BCUT2D eigenvalue weighted by atomic mass is 9.83. The lowest BCUT2D eigenvalue weighted by Gasteiger charge is -2.33. The summed E-state index contributed by atoms with van der Waals surface area (Å²) in [4.78, 5) is 24.7. The Morgan fingerprint density at radius 1 is 1.16 bits per heavy atom. The number of Topliss-reactive ketones (excluding diaryl/α,β-unsaturated/α-hetero) is 1. The first kappa shape index (κ1) is 19.0. The first-order valence-electron chi connectivity index (χ1n) is 7.78. The average molecular weight is 359 g/mol. The minimum absolute atomic E-state index is 0.0631. The lowest BCUT2D eigenvalue weighted by molar-refractivity contribution is -0.139. The van der Waals surface area contributed by atoms with Gasteiger partial charge in [0.25, 0.3) is 0 Å². The highest BCUT2D eigenvalue weighted by atomic mass is 32.1. The second kappa shape index (κ2) is 8.18. The Bertz CT molecular complexity index is 733. The number of ketones is 1. The van der Waals surface area contributed by atoms with Crippen molar-refractivity contribution in [2.75, 3.05) is 12.9 Å². The van der Waals surface area contributed by atoms with Gasteiger partial charge in [0, 0.05) is 11.3 Å². The molecule has 0 saturated carbocycles. The summed E-state index contributed by atoms with van der Waals surface area (Å²) in [6.45, 7) is 1.69. The summed E-state index contributed by atoms with van der Waals surface area (Å²) < 4.78 is 5.12. The summed E-state index contributed by atoms with van der Waals surface area (Å²) in [6, 6.07) is 14.8. The molecule has 5 nitrogen and oxygen atoms in total. The van der Waals surface area contributed by atoms with Gasteiger partial charge in [0.1, 0.15) is 17.3 Å². The largest absolute Gasteiger partial charge is 0.497 e. The van der Waals surface area contributed by atoms with E-state index in [1.54, 1.807) is 50.4 Å². The summed E-state index contributed by atoms with van der Waals surface area (Å²) >= 11 is 4.09. The zero-order valence-corrected chi connectivity index (χ0v) is 15.0. The van der Waals surface area contributed by atoms with Crippen LogP contribution in [0.3, 0.4) is 0 Å². The van der Waals surface area contributed by atoms with Crippen LogP contribution in [0.4, 0.5) is 0 Å². The first-order chi connectivity index (χ1) is 11.9. The molecule has 0 amide bonds. The monoisotopic (exact) mass is 359 g/mol. The Labute approximate surface area is 152 Å². The molecule has 0 aliphatic carbocycles. The molecule has 2 aromatic carbocycles. The van der Waals surface area contributed by atoms with Crippen molar-refractivity contribution in [3.05, 3.63) is 65.7 Å². The number of ether oxygens (including phenoxy) is 1. The van der Waals surface area contributed by atoms with Crippen LogP contribution in [-0.2, 0) is 10.3 Å². The predicted molar refractivity (Wildman–Crippen MR) is 99.5 cm³/mol. The number of benzene rings is 2. The normalized spacial score (nSPS) is 14.4. The van der Waals surface area contributed by atoms with E-state index in [1.165, 1.54) is 0 Å². The van der Waals surface area contributed by atoms with E-state index in [-0.39, 0.29) is 11.5 Å². The molecule has 6 heteroatoms. The Balaban J connectivity index is 2.46. The number of carboxylic acids is 1. The number of aliphatic carboxylic acids is 1. The fraction of sp³-hybridized carbons (Fsp3) is 0.263. The van der Waals surface area contributed by atoms with Crippen LogP contribution in [0.5, 0.6) is 5.75 Å². The number of methoxy groups -OCH3 is 1. The summed E-state index contributed by atoms with van der Waals surface area (Å²) in [5, 5.41) is 12.3. The van der Waals surface area contributed by atoms with Gasteiger partial charge >= 0.3 is 5.97 Å². The zero-order valence-electron chi connectivity index (χ0n) is 14.1. The predicted octanol–water partition coefficient (Wildman–Crippen LogP) is 2.77. The van der Waals surface area contributed by atoms with Crippen molar-refractivity contribution in [2.24, 2.45) is 0 Å². The topological polar surface area (TPSA) is 75.6 Å². The molecule has 132 valence electrons. The highest BCUT2D eigenvalue weighted by molar-refractivity contribution is 7.80. The zero-order chi connectivity index (χ0) is 18.4. The molecule has 0 radical (unpaired) electrons. The Morgan fingerprint density at radius 3 is 2.24 bits per heavy atom. The van der Waals surface area contributed by atoms with Gasteiger partial charge in [-0.15, -0.1) is 0 Å². The van der Waals surface area contributed by atoms with Crippen molar-refractivity contribution < 1.29 is 19.4 Å². The van der Waals surface area contributed by atoms with Crippen molar-refractivity contribution in [1.82, 2.24) is 5.32 Å². The number of thiol groups is 1. The number of carbonyl (C=O) groups excluding carboxylic acids is 1. The van der Waals surface area contributed by atoms with E-state index >= 15 is 0 Å². The van der Waals surface area contributed by atoms with E-state index < -0.39 is 17.6 Å². The molecule has 0 heterocycles. The molecule has 2 unspecified atom stereocenters. The highest BCUT2D eigenvalue weighted by Gasteiger charge is 2.38. The smallest absolute Gasteiger partial charge is 0.321 e. The number of nitrogens with one attached hydrogen (secondary N) is 1. The van der Waals surface area contributed by atoms with Crippen LogP contribution in [-0.4, -0.2) is 35.8 Å². The first-order valence-corrected chi connectivity index (χ1v) is 8.41. The van der Waals surface area contributed by atoms with Gasteiger partial charge in [0.15, 0.2) is 5.78 Å². The van der Waals surface area contributed by atoms with Crippen LogP contribution in [0.2, 0.25) is 0 Å². The number of hydrogen-bond acceptors (Lipinski definition) is 5. The fourth-order valence-corrected chi connectivity index (χ4v) is 2.86. The van der Waals surface area contributed by atoms with Gasteiger partial charge in [-0.3, -0.25) is 14.9 Å². The Kier molecular flexibility index (Phi) is 6.22. The molecule has 2 aromatic rings. The molecule has 0 bridgehead atoms. The number of hydrogen-bond donors (Lipinski definition) is 3. The second-order valence-electron chi connectivity index (χ2n) is 5.77. The SMILES string of the molecule is COc1ccc(C(=O)C(C)(NC(CS)C(=O)O)c2ccccc2)cc1. The molecule has 25 heavy (non-hydrogen) atoms. The molecule has 0 aliphatic heterocycles. The Hall–Kier alpha value is -2.31. The number of carboxylic acid groups (broad SMARTS) is 1. The van der Waals surface area contributed by atoms with Gasteiger partial charge in [0.2, 0.25) is 0 Å². The third-order valence-corrected chi connectivity index (χ3v) is 4.47. The highest BCUT2D eigenvalue weighted by Crippen LogP contribution is 2.27. The van der Waals surface area contributed by atoms with E-state index in [2.05, 4.69) is 17.9 Å². The maximum Gasteiger partial charge on any atom is 0.321 e. The minimum Gasteiger partial charge on any atom is -0.497 e. The van der Waals surface area contributed by atoms with E-state index in [1.807, 2.05) is 18.2 Å². The molecule has 2 atom stereocenters. The fourth-order valence-electron chi connectivity index (χ4n) is 2.62. The van der Waals surface area contributed by atoms with E-state index in [9.17, 15) is 14.7 Å². The average Bonchev–Trinajstić information content (AvgIpc) is 2.65. The summed E-state index contributed by atoms with van der Waals surface area (Å²) in [5.41, 5.74) is -0.0615. The van der Waals surface area contributed by atoms with E-state index in [0.29, 0.717) is 16.9 Å². The van der Waals surface area contributed by atoms with Gasteiger partial charge in [0.05, 0.1) is 7.11 Å². The van der Waals surface area contributed by atoms with Gasteiger partial charge in [-0.2, -0.15) is 12.6 Å². The lowest BCUT2D eigenvalue weighted by Crippen LogP contribution is -2.54. The molecule has 0 aliphatic rings. The Morgan fingerprint density at radius 2 is 1.76 bits per heavy atom. The van der Waals surface area contributed by atoms with Gasteiger partial charge < -0.3 is 9.84 Å². The van der Waals surface area contributed by atoms with Crippen molar-refractivity contribution in [1.29, 1.82) is 0 Å². The summed E-state index contributed by atoms with van der Waals surface area (Å²) in [6.07, 6.45) is 0. The van der Waals surface area contributed by atoms with Gasteiger partial charge in [-0.25, -0.2) is 0 Å². The third kappa shape index (κ3) is 4.21. The minimum atomic E-state index is -1.21. The number of rotatable bonds is 8. The molecular weight excluding hydrogens is 338 g/mol. The van der Waals surface area contributed by atoms with Crippen LogP contribution in [0.15, 0.2) is 54.6 Å². The van der Waals surface area contributed by atoms with Crippen LogP contribution >= 0.6 is 12.6 Å². The maximum absolute atomic E-state index is 13.2. The molecule has 2 N–H and O–H groups in total. The molecule has 0 spiro atoms. The molecular formula is C19H21NO4S.